The van der Waals surface area contributed by atoms with Crippen LogP contribution < -0.4 is 5.32 Å². The molecule has 1 aromatic heterocycles. The Balaban J connectivity index is 1.85. The number of nitrogens with zero attached hydrogens (tertiary/aromatic N) is 2. The molecule has 0 amide bonds. The molecule has 0 aliphatic heterocycles. The normalized spacial score (nSPS) is 25.8. The maximum atomic E-state index is 4.68. The highest BCUT2D eigenvalue weighted by Gasteiger charge is 2.26. The number of nitrogens with one attached hydrogen (secondary N) is 1. The largest absolute Gasteiger partial charge is 0.326 e. The fraction of sp³-hybridized carbons (Fsp3) is 0.500. The Kier molecular flexibility index (Phi) is 4.00. The van der Waals surface area contributed by atoms with Crippen LogP contribution in [0, 0.1) is 18.8 Å². The van der Waals surface area contributed by atoms with E-state index in [4.69, 9.17) is 0 Å². The maximum Gasteiger partial charge on any atom is 0.207 e. The number of benzene rings is 1. The van der Waals surface area contributed by atoms with Gasteiger partial charge in [0.1, 0.15) is 0 Å². The van der Waals surface area contributed by atoms with E-state index < -0.39 is 0 Å². The van der Waals surface area contributed by atoms with Gasteiger partial charge in [0.2, 0.25) is 5.95 Å². The highest BCUT2D eigenvalue weighted by Crippen LogP contribution is 2.37. The van der Waals surface area contributed by atoms with Gasteiger partial charge in [0.25, 0.3) is 0 Å². The van der Waals surface area contributed by atoms with Crippen molar-refractivity contribution in [1.82, 2.24) is 9.55 Å². The summed E-state index contributed by atoms with van der Waals surface area (Å²) in [6.07, 6.45) is 6.06. The number of aryl methyl sites for hydroxylation is 1. The van der Waals surface area contributed by atoms with Crippen molar-refractivity contribution in [3.05, 3.63) is 42.2 Å². The zero-order chi connectivity index (χ0) is 14.8. The van der Waals surface area contributed by atoms with Crippen molar-refractivity contribution in [3.8, 4) is 0 Å². The molecule has 3 heteroatoms. The quantitative estimate of drug-likeness (QED) is 0.865. The summed E-state index contributed by atoms with van der Waals surface area (Å²) in [7, 11) is 0. The van der Waals surface area contributed by atoms with E-state index in [2.05, 4.69) is 54.0 Å². The molecular formula is C18H25N3. The summed E-state index contributed by atoms with van der Waals surface area (Å²) in [6.45, 7) is 6.82. The van der Waals surface area contributed by atoms with Crippen LogP contribution in [0.3, 0.4) is 0 Å². The molecule has 1 aliphatic rings. The number of aromatic nitrogens is 2. The van der Waals surface area contributed by atoms with Gasteiger partial charge in [-0.15, -0.1) is 0 Å². The number of rotatable bonds is 3. The van der Waals surface area contributed by atoms with Gasteiger partial charge in [-0.3, -0.25) is 0 Å². The average Bonchev–Trinajstić information content (AvgIpc) is 2.80. The van der Waals surface area contributed by atoms with Gasteiger partial charge in [0.15, 0.2) is 0 Å². The third kappa shape index (κ3) is 3.29. The van der Waals surface area contributed by atoms with Crippen LogP contribution in [-0.4, -0.2) is 9.55 Å². The van der Waals surface area contributed by atoms with Crippen molar-refractivity contribution in [2.24, 2.45) is 11.8 Å². The van der Waals surface area contributed by atoms with E-state index in [9.17, 15) is 0 Å². The molecule has 1 N–H and O–H groups in total. The van der Waals surface area contributed by atoms with Crippen molar-refractivity contribution < 1.29 is 0 Å². The maximum absolute atomic E-state index is 4.68. The number of imidazole rings is 1. The molecule has 1 heterocycles. The van der Waals surface area contributed by atoms with Crippen molar-refractivity contribution >= 4 is 11.6 Å². The monoisotopic (exact) mass is 283 g/mol. The summed E-state index contributed by atoms with van der Waals surface area (Å²) in [4.78, 5) is 4.68. The molecule has 1 aromatic carbocycles. The van der Waals surface area contributed by atoms with E-state index in [0.717, 1.165) is 29.2 Å². The van der Waals surface area contributed by atoms with Gasteiger partial charge in [-0.2, -0.15) is 0 Å². The zero-order valence-electron chi connectivity index (χ0n) is 13.2. The first-order chi connectivity index (χ1) is 10.1. The van der Waals surface area contributed by atoms with Gasteiger partial charge >= 0.3 is 0 Å². The van der Waals surface area contributed by atoms with E-state index in [1.807, 2.05) is 18.2 Å². The second kappa shape index (κ2) is 5.92. The molecule has 1 saturated carbocycles. The third-order valence-corrected chi connectivity index (χ3v) is 4.43. The molecule has 0 saturated heterocycles. The standard InChI is InChI=1S/C18H25N3/c1-13-9-14(2)11-17(10-13)21-12-15(3)19-18(21)20-16-7-5-4-6-8-16/h4-8,12-14,17H,9-11H2,1-3H3,(H,19,20). The number of para-hydroxylation sites is 1. The van der Waals surface area contributed by atoms with Crippen LogP contribution in [0.1, 0.15) is 44.8 Å². The average molecular weight is 283 g/mol. The Hall–Kier alpha value is -1.77. The molecule has 3 rings (SSSR count). The fourth-order valence-electron chi connectivity index (χ4n) is 3.67. The fourth-order valence-corrected chi connectivity index (χ4v) is 3.67. The van der Waals surface area contributed by atoms with E-state index in [-0.39, 0.29) is 0 Å². The topological polar surface area (TPSA) is 29.9 Å². The highest BCUT2D eigenvalue weighted by atomic mass is 15.2. The predicted molar refractivity (Wildman–Crippen MR) is 87.9 cm³/mol. The van der Waals surface area contributed by atoms with Crippen molar-refractivity contribution in [2.75, 3.05) is 5.32 Å². The summed E-state index contributed by atoms with van der Waals surface area (Å²) in [5.74, 6) is 2.57. The van der Waals surface area contributed by atoms with E-state index in [0.29, 0.717) is 6.04 Å². The smallest absolute Gasteiger partial charge is 0.207 e. The van der Waals surface area contributed by atoms with Gasteiger partial charge in [-0.25, -0.2) is 4.98 Å². The lowest BCUT2D eigenvalue weighted by molar-refractivity contribution is 0.223. The molecule has 21 heavy (non-hydrogen) atoms. The summed E-state index contributed by atoms with van der Waals surface area (Å²) < 4.78 is 2.36. The molecule has 112 valence electrons. The lowest BCUT2D eigenvalue weighted by Crippen LogP contribution is -2.23. The molecule has 1 aliphatic carbocycles. The van der Waals surface area contributed by atoms with E-state index in [1.54, 1.807) is 0 Å². The summed E-state index contributed by atoms with van der Waals surface area (Å²) in [5.41, 5.74) is 2.18. The van der Waals surface area contributed by atoms with Gasteiger partial charge in [0.05, 0.1) is 5.69 Å². The summed E-state index contributed by atoms with van der Waals surface area (Å²) >= 11 is 0. The molecule has 0 radical (unpaired) electrons. The Morgan fingerprint density at radius 1 is 1.05 bits per heavy atom. The molecule has 2 unspecified atom stereocenters. The number of anilines is 2. The number of hydrogen-bond acceptors (Lipinski definition) is 2. The Bertz CT molecular complexity index is 578. The molecule has 2 aromatic rings. The lowest BCUT2D eigenvalue weighted by atomic mass is 9.80. The second-order valence-corrected chi connectivity index (χ2v) is 6.68. The van der Waals surface area contributed by atoms with Gasteiger partial charge in [-0.1, -0.05) is 32.0 Å². The summed E-state index contributed by atoms with van der Waals surface area (Å²) in [6, 6.07) is 10.9. The molecule has 3 nitrogen and oxygen atoms in total. The van der Waals surface area contributed by atoms with Gasteiger partial charge in [0, 0.05) is 17.9 Å². The van der Waals surface area contributed by atoms with Crippen molar-refractivity contribution in [1.29, 1.82) is 0 Å². The third-order valence-electron chi connectivity index (χ3n) is 4.43. The molecule has 2 atom stereocenters. The predicted octanol–water partition coefficient (Wildman–Crippen LogP) is 4.93. The van der Waals surface area contributed by atoms with Crippen LogP contribution in [0.15, 0.2) is 36.5 Å². The Labute approximate surface area is 127 Å². The Morgan fingerprint density at radius 3 is 2.38 bits per heavy atom. The summed E-state index contributed by atoms with van der Waals surface area (Å²) in [5, 5.41) is 3.47. The minimum absolute atomic E-state index is 0.566. The molecule has 1 fully saturated rings. The van der Waals surface area contributed by atoms with Crippen LogP contribution in [0.5, 0.6) is 0 Å². The number of hydrogen-bond donors (Lipinski definition) is 1. The van der Waals surface area contributed by atoms with Crippen molar-refractivity contribution in [3.63, 3.8) is 0 Å². The first kappa shape index (κ1) is 14.2. The molecular weight excluding hydrogens is 258 g/mol. The van der Waals surface area contributed by atoms with Crippen LogP contribution in [-0.2, 0) is 0 Å². The van der Waals surface area contributed by atoms with Crippen LogP contribution in [0.2, 0.25) is 0 Å². The minimum Gasteiger partial charge on any atom is -0.326 e. The first-order valence-electron chi connectivity index (χ1n) is 7.99. The second-order valence-electron chi connectivity index (χ2n) is 6.68. The first-order valence-corrected chi connectivity index (χ1v) is 7.99. The van der Waals surface area contributed by atoms with Crippen molar-refractivity contribution in [2.45, 2.75) is 46.1 Å². The van der Waals surface area contributed by atoms with Crippen LogP contribution in [0.25, 0.3) is 0 Å². The van der Waals surface area contributed by atoms with E-state index in [1.165, 1.54) is 19.3 Å². The van der Waals surface area contributed by atoms with Crippen LogP contribution >= 0.6 is 0 Å². The van der Waals surface area contributed by atoms with Gasteiger partial charge < -0.3 is 9.88 Å². The van der Waals surface area contributed by atoms with Crippen LogP contribution in [0.4, 0.5) is 11.6 Å². The SMILES string of the molecule is Cc1cn(C2CC(C)CC(C)C2)c(Nc2ccccc2)n1. The Morgan fingerprint density at radius 2 is 1.71 bits per heavy atom. The highest BCUT2D eigenvalue weighted by molar-refractivity contribution is 5.53. The minimum atomic E-state index is 0.566. The zero-order valence-corrected chi connectivity index (χ0v) is 13.2. The molecule has 0 bridgehead atoms. The lowest BCUT2D eigenvalue weighted by Gasteiger charge is -2.33. The van der Waals surface area contributed by atoms with E-state index >= 15 is 0 Å². The van der Waals surface area contributed by atoms with Gasteiger partial charge in [-0.05, 0) is 50.2 Å². The molecule has 0 spiro atoms.